The number of anilines is 1. The second-order valence-corrected chi connectivity index (χ2v) is 6.81. The van der Waals surface area contributed by atoms with Crippen LogP contribution in [0.1, 0.15) is 10.4 Å². The number of fused-ring (bicyclic) bond motifs is 1. The van der Waals surface area contributed by atoms with Crippen molar-refractivity contribution >= 4 is 44.3 Å². The van der Waals surface area contributed by atoms with E-state index in [1.807, 2.05) is 0 Å². The second-order valence-electron chi connectivity index (χ2n) is 4.75. The Morgan fingerprint density at radius 3 is 2.54 bits per heavy atom. The lowest BCUT2D eigenvalue weighted by molar-refractivity contribution is 0.0698. The van der Waals surface area contributed by atoms with Crippen LogP contribution in [0.25, 0.3) is 11.0 Å². The van der Waals surface area contributed by atoms with Gasteiger partial charge in [0.2, 0.25) is 0 Å². The van der Waals surface area contributed by atoms with Gasteiger partial charge in [0.25, 0.3) is 10.0 Å². The van der Waals surface area contributed by atoms with Crippen LogP contribution in [0.2, 0.25) is 5.02 Å². The predicted molar refractivity (Wildman–Crippen MR) is 88.8 cm³/mol. The minimum atomic E-state index is -4.09. The summed E-state index contributed by atoms with van der Waals surface area (Å²) in [6.07, 6.45) is 2.83. The molecule has 0 fully saturated rings. The predicted octanol–water partition coefficient (Wildman–Crippen LogP) is 2.78. The molecule has 0 spiro atoms. The Bertz CT molecular complexity index is 1050. The Morgan fingerprint density at radius 2 is 1.79 bits per heavy atom. The van der Waals surface area contributed by atoms with Gasteiger partial charge < -0.3 is 5.11 Å². The molecule has 2 aromatic carbocycles. The smallest absolute Gasteiger partial charge is 0.339 e. The molecular formula is C15H10ClN3O4S. The maximum Gasteiger partial charge on any atom is 0.339 e. The number of para-hydroxylation sites is 1. The SMILES string of the molecule is O=C(O)c1c(Cl)cccc1NS(=O)(=O)c1cccc2nccnc12. The van der Waals surface area contributed by atoms with Crippen LogP contribution in [0, 0.1) is 0 Å². The van der Waals surface area contributed by atoms with Gasteiger partial charge in [0.15, 0.2) is 0 Å². The average Bonchev–Trinajstić information content (AvgIpc) is 2.53. The minimum absolute atomic E-state index is 0.0691. The lowest BCUT2D eigenvalue weighted by Gasteiger charge is -2.12. The van der Waals surface area contributed by atoms with Crippen molar-refractivity contribution in [3.63, 3.8) is 0 Å². The number of aromatic nitrogens is 2. The molecule has 0 saturated heterocycles. The van der Waals surface area contributed by atoms with Crippen LogP contribution >= 0.6 is 11.6 Å². The van der Waals surface area contributed by atoms with Gasteiger partial charge in [0.1, 0.15) is 16.0 Å². The molecule has 0 aliphatic carbocycles. The fourth-order valence-corrected chi connectivity index (χ4v) is 3.70. The highest BCUT2D eigenvalue weighted by Crippen LogP contribution is 2.28. The van der Waals surface area contributed by atoms with E-state index in [-0.39, 0.29) is 26.7 Å². The zero-order valence-electron chi connectivity index (χ0n) is 12.0. The lowest BCUT2D eigenvalue weighted by Crippen LogP contribution is -2.16. The molecule has 0 atom stereocenters. The van der Waals surface area contributed by atoms with Crippen LogP contribution in [0.3, 0.4) is 0 Å². The molecule has 0 aliphatic heterocycles. The molecule has 7 nitrogen and oxygen atoms in total. The quantitative estimate of drug-likeness (QED) is 0.737. The van der Waals surface area contributed by atoms with E-state index < -0.39 is 16.0 Å². The average molecular weight is 364 g/mol. The molecule has 0 amide bonds. The van der Waals surface area contributed by atoms with Crippen LogP contribution in [0.15, 0.2) is 53.7 Å². The van der Waals surface area contributed by atoms with Crippen molar-refractivity contribution in [1.29, 1.82) is 0 Å². The first-order chi connectivity index (χ1) is 11.4. The molecule has 0 saturated carbocycles. The summed E-state index contributed by atoms with van der Waals surface area (Å²) in [6.45, 7) is 0. The highest BCUT2D eigenvalue weighted by atomic mass is 35.5. The molecule has 2 N–H and O–H groups in total. The Hall–Kier alpha value is -2.71. The third kappa shape index (κ3) is 2.89. The van der Waals surface area contributed by atoms with Gasteiger partial charge in [-0.3, -0.25) is 14.7 Å². The third-order valence-corrected chi connectivity index (χ3v) is 4.94. The number of aromatic carboxylic acids is 1. The second kappa shape index (κ2) is 6.06. The van der Waals surface area contributed by atoms with Gasteiger partial charge in [-0.25, -0.2) is 13.2 Å². The summed E-state index contributed by atoms with van der Waals surface area (Å²) >= 11 is 5.86. The van der Waals surface area contributed by atoms with E-state index in [1.165, 1.54) is 42.7 Å². The maximum absolute atomic E-state index is 12.7. The number of carboxylic acids is 1. The zero-order chi connectivity index (χ0) is 17.3. The van der Waals surface area contributed by atoms with Crippen LogP contribution in [0.5, 0.6) is 0 Å². The van der Waals surface area contributed by atoms with Gasteiger partial charge in [-0.1, -0.05) is 23.7 Å². The summed E-state index contributed by atoms with van der Waals surface area (Å²) in [4.78, 5) is 19.3. The normalized spacial score (nSPS) is 11.4. The number of halogens is 1. The molecule has 1 heterocycles. The number of carbonyl (C=O) groups is 1. The molecule has 1 aromatic heterocycles. The third-order valence-electron chi connectivity index (χ3n) is 3.22. The van der Waals surface area contributed by atoms with Crippen molar-refractivity contribution in [1.82, 2.24) is 9.97 Å². The zero-order valence-corrected chi connectivity index (χ0v) is 13.5. The Balaban J connectivity index is 2.13. The first-order valence-corrected chi connectivity index (χ1v) is 8.50. The summed E-state index contributed by atoms with van der Waals surface area (Å²) < 4.78 is 27.6. The number of hydrogen-bond donors (Lipinski definition) is 2. The standard InChI is InChI=1S/C15H10ClN3O4S/c16-9-3-1-4-10(13(9)15(20)21)19-24(22,23)12-6-2-5-11-14(12)18-8-7-17-11/h1-8,19H,(H,20,21). The molecule has 0 unspecified atom stereocenters. The number of hydrogen-bond acceptors (Lipinski definition) is 5. The van der Waals surface area contributed by atoms with E-state index in [1.54, 1.807) is 6.07 Å². The van der Waals surface area contributed by atoms with Crippen LogP contribution in [-0.2, 0) is 10.0 Å². The van der Waals surface area contributed by atoms with E-state index in [0.717, 1.165) is 0 Å². The van der Waals surface area contributed by atoms with Gasteiger partial charge in [0.05, 0.1) is 16.2 Å². The molecule has 122 valence electrons. The molecule has 0 radical (unpaired) electrons. The lowest BCUT2D eigenvalue weighted by atomic mass is 10.2. The van der Waals surface area contributed by atoms with Crippen molar-refractivity contribution < 1.29 is 18.3 Å². The molecular weight excluding hydrogens is 354 g/mol. The van der Waals surface area contributed by atoms with Gasteiger partial charge >= 0.3 is 5.97 Å². The monoisotopic (exact) mass is 363 g/mol. The molecule has 0 aliphatic rings. The van der Waals surface area contributed by atoms with Crippen LogP contribution < -0.4 is 4.72 Å². The molecule has 24 heavy (non-hydrogen) atoms. The highest BCUT2D eigenvalue weighted by molar-refractivity contribution is 7.93. The molecule has 0 bridgehead atoms. The van der Waals surface area contributed by atoms with Gasteiger partial charge in [-0.05, 0) is 24.3 Å². The number of rotatable bonds is 4. The minimum Gasteiger partial charge on any atom is -0.478 e. The molecule has 3 aromatic rings. The Morgan fingerprint density at radius 1 is 1.08 bits per heavy atom. The van der Waals surface area contributed by atoms with Crippen molar-refractivity contribution in [3.8, 4) is 0 Å². The van der Waals surface area contributed by atoms with Crippen molar-refractivity contribution in [2.45, 2.75) is 4.90 Å². The van der Waals surface area contributed by atoms with E-state index in [0.29, 0.717) is 5.52 Å². The van der Waals surface area contributed by atoms with E-state index in [9.17, 15) is 18.3 Å². The summed E-state index contributed by atoms with van der Waals surface area (Å²) in [7, 11) is -4.09. The van der Waals surface area contributed by atoms with Crippen LogP contribution in [0.4, 0.5) is 5.69 Å². The van der Waals surface area contributed by atoms with E-state index in [4.69, 9.17) is 11.6 Å². The Kier molecular flexibility index (Phi) is 4.08. The van der Waals surface area contributed by atoms with Crippen molar-refractivity contribution in [2.24, 2.45) is 0 Å². The maximum atomic E-state index is 12.7. The van der Waals surface area contributed by atoms with Gasteiger partial charge in [0, 0.05) is 12.4 Å². The summed E-state index contributed by atoms with van der Waals surface area (Å²) in [5, 5.41) is 9.17. The fraction of sp³-hybridized carbons (Fsp3) is 0. The van der Waals surface area contributed by atoms with E-state index >= 15 is 0 Å². The summed E-state index contributed by atoms with van der Waals surface area (Å²) in [6, 6.07) is 8.67. The number of nitrogens with zero attached hydrogens (tertiary/aromatic N) is 2. The van der Waals surface area contributed by atoms with Gasteiger partial charge in [-0.2, -0.15) is 0 Å². The van der Waals surface area contributed by atoms with Crippen molar-refractivity contribution in [3.05, 3.63) is 59.4 Å². The Labute approximate surface area is 142 Å². The summed E-state index contributed by atoms with van der Waals surface area (Å²) in [5.74, 6) is -1.34. The topological polar surface area (TPSA) is 109 Å². The molecule has 9 heteroatoms. The number of carboxylic acid groups (broad SMARTS) is 1. The first kappa shape index (κ1) is 16.2. The molecule has 3 rings (SSSR count). The fourth-order valence-electron chi connectivity index (χ4n) is 2.21. The van der Waals surface area contributed by atoms with Crippen LogP contribution in [-0.4, -0.2) is 29.5 Å². The largest absolute Gasteiger partial charge is 0.478 e. The first-order valence-electron chi connectivity index (χ1n) is 6.64. The highest BCUT2D eigenvalue weighted by Gasteiger charge is 2.22. The summed E-state index contributed by atoms with van der Waals surface area (Å²) in [5.41, 5.74) is 0.140. The van der Waals surface area contributed by atoms with Crippen molar-refractivity contribution in [2.75, 3.05) is 4.72 Å². The number of nitrogens with one attached hydrogen (secondary N) is 1. The number of sulfonamides is 1. The van der Waals surface area contributed by atoms with E-state index in [2.05, 4.69) is 14.7 Å². The number of benzene rings is 2. The van der Waals surface area contributed by atoms with Gasteiger partial charge in [-0.15, -0.1) is 0 Å².